The van der Waals surface area contributed by atoms with Crippen LogP contribution in [0.2, 0.25) is 0 Å². The maximum Gasteiger partial charge on any atom is 0.254 e. The minimum atomic E-state index is -0.741. The first-order chi connectivity index (χ1) is 15.9. The van der Waals surface area contributed by atoms with Gasteiger partial charge < -0.3 is 15.0 Å². The smallest absolute Gasteiger partial charge is 0.254 e. The quantitative estimate of drug-likeness (QED) is 0.451. The molecule has 0 unspecified atom stereocenters. The predicted octanol–water partition coefficient (Wildman–Crippen LogP) is 3.79. The molecule has 0 spiro atoms. The Bertz CT molecular complexity index is 1350. The first-order valence-corrected chi connectivity index (χ1v) is 10.8. The lowest BCUT2D eigenvalue weighted by Gasteiger charge is -2.18. The van der Waals surface area contributed by atoms with Crippen LogP contribution in [0.25, 0.3) is 10.9 Å². The average molecular weight is 442 g/mol. The van der Waals surface area contributed by atoms with Crippen molar-refractivity contribution in [2.75, 3.05) is 14.2 Å². The summed E-state index contributed by atoms with van der Waals surface area (Å²) in [5.74, 6) is -0.189. The van der Waals surface area contributed by atoms with Gasteiger partial charge in [-0.1, -0.05) is 54.6 Å². The number of amides is 1. The third-order valence-electron chi connectivity index (χ3n) is 5.64. The fourth-order valence-corrected chi connectivity index (χ4v) is 4.10. The molecule has 168 valence electrons. The zero-order valence-corrected chi connectivity index (χ0v) is 18.8. The lowest BCUT2D eigenvalue weighted by atomic mass is 10.1. The van der Waals surface area contributed by atoms with Crippen molar-refractivity contribution in [2.45, 2.75) is 19.6 Å². The van der Waals surface area contributed by atoms with Crippen molar-refractivity contribution in [3.63, 3.8) is 0 Å². The zero-order chi connectivity index (χ0) is 23.4. The highest BCUT2D eigenvalue weighted by Gasteiger charge is 2.14. The maximum atomic E-state index is 12.8. The van der Waals surface area contributed by atoms with Gasteiger partial charge in [0.15, 0.2) is 0 Å². The topological polar surface area (TPSA) is 77.6 Å². The number of ether oxygens (including phenoxy) is 1. The third kappa shape index (κ3) is 5.13. The van der Waals surface area contributed by atoms with Crippen molar-refractivity contribution in [3.8, 4) is 5.75 Å². The first-order valence-electron chi connectivity index (χ1n) is 10.8. The monoisotopic (exact) mass is 441 g/mol. The molecule has 6 heteroatoms. The van der Waals surface area contributed by atoms with E-state index in [-0.39, 0.29) is 11.0 Å². The zero-order valence-electron chi connectivity index (χ0n) is 18.8. The molecular formula is C27H27N3O3. The molecule has 0 aliphatic carbocycles. The Hall–Kier alpha value is -3.90. The molecule has 0 aliphatic rings. The van der Waals surface area contributed by atoms with Gasteiger partial charge in [-0.05, 0) is 41.9 Å². The summed E-state index contributed by atoms with van der Waals surface area (Å²) < 4.78 is 7.15. The fourth-order valence-electron chi connectivity index (χ4n) is 4.10. The van der Waals surface area contributed by atoms with Crippen LogP contribution in [0.4, 0.5) is 0 Å². The second-order valence-corrected chi connectivity index (χ2v) is 8.22. The fraction of sp³-hybridized carbons (Fsp3) is 0.185. The normalized spacial score (nSPS) is 11.1. The van der Waals surface area contributed by atoms with Crippen molar-refractivity contribution in [2.24, 2.45) is 5.73 Å². The van der Waals surface area contributed by atoms with E-state index in [4.69, 9.17) is 10.5 Å². The van der Waals surface area contributed by atoms with E-state index in [1.807, 2.05) is 28.8 Å². The van der Waals surface area contributed by atoms with Gasteiger partial charge in [-0.2, -0.15) is 0 Å². The number of rotatable bonds is 8. The molecular weight excluding hydrogens is 414 g/mol. The van der Waals surface area contributed by atoms with E-state index in [0.29, 0.717) is 17.7 Å². The molecule has 0 fully saturated rings. The average Bonchev–Trinajstić information content (AvgIpc) is 2.81. The maximum absolute atomic E-state index is 12.8. The number of primary amides is 1. The molecule has 1 aromatic heterocycles. The molecule has 0 saturated heterocycles. The summed E-state index contributed by atoms with van der Waals surface area (Å²) in [4.78, 5) is 27.0. The molecule has 33 heavy (non-hydrogen) atoms. The summed E-state index contributed by atoms with van der Waals surface area (Å²) in [5, 5.41) is 0.407. The van der Waals surface area contributed by atoms with E-state index >= 15 is 0 Å². The highest BCUT2D eigenvalue weighted by Crippen LogP contribution is 2.21. The molecule has 2 N–H and O–H groups in total. The van der Waals surface area contributed by atoms with Crippen LogP contribution in [0.5, 0.6) is 5.75 Å². The van der Waals surface area contributed by atoms with Crippen molar-refractivity contribution in [1.82, 2.24) is 9.47 Å². The highest BCUT2D eigenvalue weighted by atomic mass is 16.5. The molecule has 1 heterocycles. The third-order valence-corrected chi connectivity index (χ3v) is 5.64. The Balaban J connectivity index is 1.62. The van der Waals surface area contributed by atoms with E-state index < -0.39 is 5.91 Å². The number of aromatic nitrogens is 1. The number of methoxy groups -OCH3 is 1. The SMILES string of the molecule is COc1ccc2c(c1)c(=O)c(C(N)=O)cn2Cc1cccc(CN(C)Cc2ccccc2)c1. The second-order valence-electron chi connectivity index (χ2n) is 8.22. The van der Waals surface area contributed by atoms with Crippen LogP contribution in [-0.2, 0) is 19.6 Å². The Morgan fingerprint density at radius 2 is 1.64 bits per heavy atom. The number of fused-ring (bicyclic) bond motifs is 1. The van der Waals surface area contributed by atoms with Crippen LogP contribution in [0.3, 0.4) is 0 Å². The molecule has 0 bridgehead atoms. The van der Waals surface area contributed by atoms with E-state index in [1.165, 1.54) is 18.2 Å². The minimum Gasteiger partial charge on any atom is -0.497 e. The molecule has 6 nitrogen and oxygen atoms in total. The lowest BCUT2D eigenvalue weighted by molar-refractivity contribution is 0.0998. The van der Waals surface area contributed by atoms with E-state index in [1.54, 1.807) is 18.3 Å². The summed E-state index contributed by atoms with van der Waals surface area (Å²) in [6, 6.07) is 24.0. The van der Waals surface area contributed by atoms with Crippen LogP contribution in [0.1, 0.15) is 27.0 Å². The van der Waals surface area contributed by atoms with Gasteiger partial charge in [0.25, 0.3) is 5.91 Å². The molecule has 0 aliphatic heterocycles. The molecule has 4 aromatic rings. The molecule has 1 amide bonds. The van der Waals surface area contributed by atoms with Crippen molar-refractivity contribution in [3.05, 3.63) is 111 Å². The van der Waals surface area contributed by atoms with Crippen molar-refractivity contribution < 1.29 is 9.53 Å². The summed E-state index contributed by atoms with van der Waals surface area (Å²) >= 11 is 0. The second kappa shape index (κ2) is 9.71. The molecule has 0 atom stereocenters. The summed E-state index contributed by atoms with van der Waals surface area (Å²) in [5.41, 5.74) is 9.32. The van der Waals surface area contributed by atoms with Gasteiger partial charge in [-0.25, -0.2) is 0 Å². The summed E-state index contributed by atoms with van der Waals surface area (Å²) in [6.07, 6.45) is 1.55. The Morgan fingerprint density at radius 3 is 2.36 bits per heavy atom. The van der Waals surface area contributed by atoms with E-state index in [9.17, 15) is 9.59 Å². The molecule has 0 saturated carbocycles. The van der Waals surface area contributed by atoms with E-state index in [2.05, 4.69) is 48.3 Å². The van der Waals surface area contributed by atoms with Gasteiger partial charge in [0.05, 0.1) is 18.0 Å². The lowest BCUT2D eigenvalue weighted by Crippen LogP contribution is -2.24. The number of pyridine rings is 1. The minimum absolute atomic E-state index is 0.0329. The van der Waals surface area contributed by atoms with Gasteiger partial charge >= 0.3 is 0 Å². The highest BCUT2D eigenvalue weighted by molar-refractivity contribution is 5.96. The standard InChI is InChI=1S/C27H27N3O3/c1-29(15-19-7-4-3-5-8-19)16-20-9-6-10-21(13-20)17-30-18-24(27(28)32)26(31)23-14-22(33-2)11-12-25(23)30/h3-14,18H,15-17H2,1-2H3,(H2,28,32). The molecule has 4 rings (SSSR count). The number of benzene rings is 3. The number of hydrogen-bond acceptors (Lipinski definition) is 4. The predicted molar refractivity (Wildman–Crippen MR) is 130 cm³/mol. The number of nitrogens with zero attached hydrogens (tertiary/aromatic N) is 2. The van der Waals surface area contributed by atoms with Crippen LogP contribution < -0.4 is 15.9 Å². The van der Waals surface area contributed by atoms with Gasteiger partial charge in [0.2, 0.25) is 5.43 Å². The van der Waals surface area contributed by atoms with Crippen LogP contribution in [0.15, 0.2) is 83.8 Å². The Kier molecular flexibility index (Phi) is 6.56. The summed E-state index contributed by atoms with van der Waals surface area (Å²) in [7, 11) is 3.64. The number of hydrogen-bond donors (Lipinski definition) is 1. The van der Waals surface area contributed by atoms with Crippen LogP contribution in [-0.4, -0.2) is 29.5 Å². The van der Waals surface area contributed by atoms with Gasteiger partial charge in [0, 0.05) is 25.8 Å². The largest absolute Gasteiger partial charge is 0.497 e. The van der Waals surface area contributed by atoms with Gasteiger partial charge in [0.1, 0.15) is 11.3 Å². The van der Waals surface area contributed by atoms with Gasteiger partial charge in [-0.3, -0.25) is 14.5 Å². The van der Waals surface area contributed by atoms with Gasteiger partial charge in [-0.15, -0.1) is 0 Å². The van der Waals surface area contributed by atoms with Crippen molar-refractivity contribution >= 4 is 16.8 Å². The molecule has 0 radical (unpaired) electrons. The number of carbonyl (C=O) groups is 1. The first kappa shape index (κ1) is 22.3. The van der Waals surface area contributed by atoms with Crippen LogP contribution >= 0.6 is 0 Å². The number of carbonyl (C=O) groups excluding carboxylic acids is 1. The van der Waals surface area contributed by atoms with Crippen molar-refractivity contribution in [1.29, 1.82) is 0 Å². The Morgan fingerprint density at radius 1 is 0.939 bits per heavy atom. The number of nitrogens with two attached hydrogens (primary N) is 1. The van der Waals surface area contributed by atoms with Crippen LogP contribution in [0, 0.1) is 0 Å². The molecule has 3 aromatic carbocycles. The van der Waals surface area contributed by atoms with E-state index in [0.717, 1.165) is 24.2 Å². The summed E-state index contributed by atoms with van der Waals surface area (Å²) in [6.45, 7) is 2.16. The Labute approximate surface area is 192 Å².